The highest BCUT2D eigenvalue weighted by Crippen LogP contribution is 2.45. The second-order valence-electron chi connectivity index (χ2n) is 18.8. The lowest BCUT2D eigenvalue weighted by atomic mass is 9.98. The van der Waals surface area contributed by atoms with Gasteiger partial charge in [-0.15, -0.1) is 11.3 Å². The number of fused-ring (bicyclic) bond motifs is 12. The van der Waals surface area contributed by atoms with E-state index < -0.39 is 0 Å². The van der Waals surface area contributed by atoms with Gasteiger partial charge < -0.3 is 9.13 Å². The minimum absolute atomic E-state index is 0.788. The van der Waals surface area contributed by atoms with Crippen molar-refractivity contribution in [2.45, 2.75) is 12.8 Å². The molecule has 4 nitrogen and oxygen atoms in total. The first-order valence-corrected chi connectivity index (χ1v) is 25.2. The summed E-state index contributed by atoms with van der Waals surface area (Å²) in [4.78, 5) is 10.5. The van der Waals surface area contributed by atoms with Crippen molar-refractivity contribution in [1.29, 1.82) is 0 Å². The zero-order valence-electron chi connectivity index (χ0n) is 38.6. The third-order valence-corrected chi connectivity index (χ3v) is 16.0. The van der Waals surface area contributed by atoms with Crippen LogP contribution in [0.5, 0.6) is 0 Å². The molecule has 332 valence electrons. The van der Waals surface area contributed by atoms with E-state index >= 15 is 0 Å². The molecule has 0 atom stereocenters. The van der Waals surface area contributed by atoms with Gasteiger partial charge in [0.2, 0.25) is 0 Å². The molecule has 0 unspecified atom stereocenters. The molecule has 0 radical (unpaired) electrons. The molecule has 1 aliphatic carbocycles. The second kappa shape index (κ2) is 15.8. The Bertz CT molecular complexity index is 4570. The summed E-state index contributed by atoms with van der Waals surface area (Å²) in [5.74, 6) is 0.788. The summed E-state index contributed by atoms with van der Waals surface area (Å²) < 4.78 is 7.57. The van der Waals surface area contributed by atoms with Gasteiger partial charge in [0.1, 0.15) is 0 Å². The zero-order valence-corrected chi connectivity index (χ0v) is 39.4. The maximum Gasteiger partial charge on any atom is 0.156 e. The fourth-order valence-corrected chi connectivity index (χ4v) is 12.7. The van der Waals surface area contributed by atoms with Crippen LogP contribution in [0.2, 0.25) is 0 Å². The second-order valence-corrected chi connectivity index (χ2v) is 19.9. The van der Waals surface area contributed by atoms with Crippen LogP contribution in [0.1, 0.15) is 18.7 Å². The quantitative estimate of drug-likeness (QED) is 0.167. The zero-order chi connectivity index (χ0) is 46.6. The van der Waals surface area contributed by atoms with E-state index in [4.69, 9.17) is 9.97 Å². The molecular weight excluding hydrogens is 881 g/mol. The Morgan fingerprint density at radius 1 is 0.380 bits per heavy atom. The number of hydrogen-bond acceptors (Lipinski definition) is 3. The van der Waals surface area contributed by atoms with E-state index in [0.717, 1.165) is 46.4 Å². The van der Waals surface area contributed by atoms with Gasteiger partial charge in [0.25, 0.3) is 0 Å². The highest BCUT2D eigenvalue weighted by atomic mass is 32.1. The SMILES string of the molecule is C1=C(c2nc(-c3ccc(-c4ccc5ccccc5c4)cc3)c3ccccc3n2)CCC(n2c3ccccc3c3cc(-c4ccc5c(c4)c4c6sc7ccccc7c6ccc4n5-c4ccccc4)ccc32)=C1. The van der Waals surface area contributed by atoms with Gasteiger partial charge in [-0.3, -0.25) is 0 Å². The highest BCUT2D eigenvalue weighted by Gasteiger charge is 2.22. The van der Waals surface area contributed by atoms with Crippen molar-refractivity contribution in [3.05, 3.63) is 236 Å². The Hall–Kier alpha value is -8.90. The minimum Gasteiger partial charge on any atom is -0.313 e. The summed E-state index contributed by atoms with van der Waals surface area (Å²) in [7, 11) is 0. The van der Waals surface area contributed by atoms with Crippen LogP contribution >= 0.6 is 11.3 Å². The normalized spacial score (nSPS) is 13.1. The Kier molecular flexibility index (Phi) is 8.92. The van der Waals surface area contributed by atoms with Gasteiger partial charge in [0.15, 0.2) is 5.82 Å². The molecule has 0 amide bonds. The number of allylic oxidation sites excluding steroid dienone is 4. The van der Waals surface area contributed by atoms with Crippen LogP contribution in [-0.4, -0.2) is 19.1 Å². The lowest BCUT2D eigenvalue weighted by Gasteiger charge is -2.18. The van der Waals surface area contributed by atoms with E-state index in [-0.39, 0.29) is 0 Å². The molecule has 15 rings (SSSR count). The number of rotatable bonds is 6. The van der Waals surface area contributed by atoms with Gasteiger partial charge in [-0.05, 0) is 124 Å². The van der Waals surface area contributed by atoms with Gasteiger partial charge >= 0.3 is 0 Å². The van der Waals surface area contributed by atoms with E-state index in [9.17, 15) is 0 Å². The Morgan fingerprint density at radius 3 is 1.85 bits per heavy atom. The average molecular weight is 923 g/mol. The molecule has 0 fully saturated rings. The molecule has 0 saturated carbocycles. The molecule has 5 heteroatoms. The van der Waals surface area contributed by atoms with Crippen molar-refractivity contribution in [3.63, 3.8) is 0 Å². The molecule has 0 spiro atoms. The van der Waals surface area contributed by atoms with E-state index in [1.165, 1.54) is 108 Å². The van der Waals surface area contributed by atoms with E-state index in [1.807, 2.05) is 11.3 Å². The Labute approximate surface area is 413 Å². The van der Waals surface area contributed by atoms with Gasteiger partial charge in [0, 0.05) is 64.1 Å². The Morgan fingerprint density at radius 2 is 1.01 bits per heavy atom. The van der Waals surface area contributed by atoms with Crippen LogP contribution in [0, 0.1) is 0 Å². The van der Waals surface area contributed by atoms with Gasteiger partial charge in [-0.25, -0.2) is 9.97 Å². The van der Waals surface area contributed by atoms with Crippen LogP contribution in [0.15, 0.2) is 231 Å². The first kappa shape index (κ1) is 40.0. The van der Waals surface area contributed by atoms with Gasteiger partial charge in [0.05, 0.1) is 33.3 Å². The number of aromatic nitrogens is 4. The molecule has 0 aliphatic heterocycles. The Balaban J connectivity index is 0.811. The maximum atomic E-state index is 5.33. The predicted octanol–water partition coefficient (Wildman–Crippen LogP) is 18.1. The molecule has 0 N–H and O–H groups in total. The van der Waals surface area contributed by atoms with Crippen molar-refractivity contribution in [3.8, 4) is 39.2 Å². The first-order valence-electron chi connectivity index (χ1n) is 24.4. The molecule has 4 heterocycles. The highest BCUT2D eigenvalue weighted by molar-refractivity contribution is 7.26. The summed E-state index contributed by atoms with van der Waals surface area (Å²) in [6.45, 7) is 0. The molecule has 10 aromatic carbocycles. The van der Waals surface area contributed by atoms with Crippen LogP contribution in [0.4, 0.5) is 0 Å². The number of para-hydroxylation sites is 3. The summed E-state index contributed by atoms with van der Waals surface area (Å²) in [5.41, 5.74) is 16.3. The largest absolute Gasteiger partial charge is 0.313 e. The minimum atomic E-state index is 0.788. The lowest BCUT2D eigenvalue weighted by Crippen LogP contribution is -2.04. The van der Waals surface area contributed by atoms with E-state index in [0.29, 0.717) is 0 Å². The predicted molar refractivity (Wildman–Crippen MR) is 302 cm³/mol. The van der Waals surface area contributed by atoms with Crippen molar-refractivity contribution in [2.75, 3.05) is 0 Å². The molecular formula is C66H42N4S. The maximum absolute atomic E-state index is 5.33. The van der Waals surface area contributed by atoms with Crippen LogP contribution in [0.3, 0.4) is 0 Å². The number of hydrogen-bond donors (Lipinski definition) is 0. The van der Waals surface area contributed by atoms with Crippen molar-refractivity contribution in [2.24, 2.45) is 0 Å². The number of nitrogens with zero attached hydrogens (tertiary/aromatic N) is 4. The number of benzene rings is 10. The molecule has 1 aliphatic rings. The van der Waals surface area contributed by atoms with Gasteiger partial charge in [-0.1, -0.05) is 158 Å². The van der Waals surface area contributed by atoms with Crippen molar-refractivity contribution in [1.82, 2.24) is 19.1 Å². The fourth-order valence-electron chi connectivity index (χ4n) is 11.4. The summed E-state index contributed by atoms with van der Waals surface area (Å²) in [6, 6.07) is 79.7. The summed E-state index contributed by atoms with van der Waals surface area (Å²) in [5, 5.41) is 11.3. The average Bonchev–Trinajstić information content (AvgIpc) is 4.10. The molecule has 0 bridgehead atoms. The first-order chi connectivity index (χ1) is 35.2. The monoisotopic (exact) mass is 922 g/mol. The molecule has 71 heavy (non-hydrogen) atoms. The van der Waals surface area contributed by atoms with E-state index in [2.05, 4.69) is 240 Å². The van der Waals surface area contributed by atoms with Crippen LogP contribution in [0.25, 0.3) is 136 Å². The standard InChI is InChI=1S/C66H42N4S/c1-2-14-49(15-3-1)70-60-36-31-48(40-56(60)63-61(70)37-34-53-52-17-8-11-21-62(52)71-65(53)63)47-30-35-59-55(39-47)51-16-7-10-20-58(51)69(59)50-32-28-44(29-33-50)66-67-57-19-9-6-18-54(57)64(68-66)43-25-22-42(23-26-43)46-27-24-41-12-4-5-13-45(41)38-46/h1-28,30-32,34-40H,29,33H2. The van der Waals surface area contributed by atoms with Gasteiger partial charge in [-0.2, -0.15) is 0 Å². The summed E-state index contributed by atoms with van der Waals surface area (Å²) >= 11 is 1.90. The van der Waals surface area contributed by atoms with Crippen molar-refractivity contribution < 1.29 is 0 Å². The summed E-state index contributed by atoms with van der Waals surface area (Å²) in [6.07, 6.45) is 6.24. The van der Waals surface area contributed by atoms with Crippen molar-refractivity contribution >= 4 is 108 Å². The number of thiophene rings is 1. The van der Waals surface area contributed by atoms with Crippen LogP contribution in [-0.2, 0) is 0 Å². The molecule has 4 aromatic heterocycles. The fraction of sp³-hybridized carbons (Fsp3) is 0.0303. The smallest absolute Gasteiger partial charge is 0.156 e. The lowest BCUT2D eigenvalue weighted by molar-refractivity contribution is 0.973. The molecule has 0 saturated heterocycles. The van der Waals surface area contributed by atoms with E-state index in [1.54, 1.807) is 0 Å². The van der Waals surface area contributed by atoms with Crippen LogP contribution < -0.4 is 0 Å². The topological polar surface area (TPSA) is 35.6 Å². The third-order valence-electron chi connectivity index (χ3n) is 14.8. The molecule has 14 aromatic rings. The third kappa shape index (κ3) is 6.37.